The molecule has 1 aliphatic heterocycles. The van der Waals surface area contributed by atoms with Gasteiger partial charge in [-0.1, -0.05) is 70.5 Å². The number of rotatable bonds is 6. The number of nitrogens with zero attached hydrogens (tertiary/aromatic N) is 1. The number of benzene rings is 2. The minimum absolute atomic E-state index is 0.0430. The predicted octanol–water partition coefficient (Wildman–Crippen LogP) is 4.67. The Kier molecular flexibility index (Phi) is 6.60. The molecule has 5 nitrogen and oxygen atoms in total. The molecule has 0 unspecified atom stereocenters. The van der Waals surface area contributed by atoms with Gasteiger partial charge in [0.2, 0.25) is 5.91 Å². The molecule has 3 rings (SSSR count). The Labute approximate surface area is 178 Å². The van der Waals surface area contributed by atoms with E-state index in [-0.39, 0.29) is 29.5 Å². The molecule has 5 heteroatoms. The molecule has 158 valence electrons. The van der Waals surface area contributed by atoms with Crippen molar-refractivity contribution in [3.63, 3.8) is 0 Å². The van der Waals surface area contributed by atoms with Gasteiger partial charge in [-0.2, -0.15) is 0 Å². The minimum Gasteiger partial charge on any atom is -0.449 e. The lowest BCUT2D eigenvalue weighted by atomic mass is 9.86. The summed E-state index contributed by atoms with van der Waals surface area (Å²) in [5.74, 6) is 0.289. The van der Waals surface area contributed by atoms with E-state index in [0.29, 0.717) is 18.0 Å². The summed E-state index contributed by atoms with van der Waals surface area (Å²) in [6.07, 6.45) is 3.62. The lowest BCUT2D eigenvalue weighted by Gasteiger charge is -2.32. The third-order valence-electron chi connectivity index (χ3n) is 5.04. The molecule has 0 fully saturated rings. The number of carbonyl (C=O) groups excluding carboxylic acids is 2. The number of hydrogen-bond acceptors (Lipinski definition) is 3. The zero-order valence-corrected chi connectivity index (χ0v) is 18.2. The van der Waals surface area contributed by atoms with Crippen LogP contribution >= 0.6 is 0 Å². The van der Waals surface area contributed by atoms with Gasteiger partial charge >= 0.3 is 0 Å². The van der Waals surface area contributed by atoms with Crippen LogP contribution in [0.2, 0.25) is 0 Å². The van der Waals surface area contributed by atoms with E-state index in [4.69, 9.17) is 4.74 Å². The van der Waals surface area contributed by atoms with Crippen LogP contribution in [-0.2, 0) is 15.0 Å². The Hall–Kier alpha value is -3.08. The number of carbonyl (C=O) groups is 2. The van der Waals surface area contributed by atoms with Crippen molar-refractivity contribution in [3.8, 4) is 5.75 Å². The number of unbranched alkanes of at least 4 members (excludes halogenated alkanes) is 1. The van der Waals surface area contributed by atoms with E-state index in [9.17, 15) is 9.59 Å². The van der Waals surface area contributed by atoms with Crippen LogP contribution in [0, 0.1) is 0 Å². The Balaban J connectivity index is 1.97. The molecule has 0 bridgehead atoms. The third kappa shape index (κ3) is 5.09. The number of ether oxygens (including phenoxy) is 1. The van der Waals surface area contributed by atoms with E-state index >= 15 is 0 Å². The Morgan fingerprint density at radius 3 is 2.53 bits per heavy atom. The molecule has 1 heterocycles. The van der Waals surface area contributed by atoms with Gasteiger partial charge in [0.15, 0.2) is 11.5 Å². The minimum atomic E-state index is -0.317. The number of amides is 2. The zero-order chi connectivity index (χ0) is 21.7. The van der Waals surface area contributed by atoms with E-state index < -0.39 is 0 Å². The maximum atomic E-state index is 13.3. The number of anilines is 1. The van der Waals surface area contributed by atoms with Crippen molar-refractivity contribution in [2.24, 2.45) is 0 Å². The quantitative estimate of drug-likeness (QED) is 0.560. The van der Waals surface area contributed by atoms with Crippen LogP contribution in [0.4, 0.5) is 5.69 Å². The fourth-order valence-corrected chi connectivity index (χ4v) is 3.24. The first-order chi connectivity index (χ1) is 14.3. The van der Waals surface area contributed by atoms with Gasteiger partial charge in [0.25, 0.3) is 5.91 Å². The Bertz CT molecular complexity index is 943. The molecule has 0 aromatic heterocycles. The maximum Gasteiger partial charge on any atom is 0.294 e. The van der Waals surface area contributed by atoms with Gasteiger partial charge in [-0.25, -0.2) is 0 Å². The number of fused-ring (bicyclic) bond motifs is 1. The molecule has 2 aromatic rings. The highest BCUT2D eigenvalue weighted by molar-refractivity contribution is 6.12. The van der Waals surface area contributed by atoms with E-state index in [0.717, 1.165) is 24.0 Å². The van der Waals surface area contributed by atoms with Gasteiger partial charge < -0.3 is 10.1 Å². The van der Waals surface area contributed by atoms with Crippen LogP contribution in [-0.4, -0.2) is 24.9 Å². The third-order valence-corrected chi connectivity index (χ3v) is 5.04. The van der Waals surface area contributed by atoms with Gasteiger partial charge in [-0.15, -0.1) is 0 Å². The molecular weight excluding hydrogens is 376 g/mol. The predicted molar refractivity (Wildman–Crippen MR) is 120 cm³/mol. The monoisotopic (exact) mass is 406 g/mol. The zero-order valence-electron chi connectivity index (χ0n) is 18.2. The average Bonchev–Trinajstić information content (AvgIpc) is 2.71. The fraction of sp³-hybridized carbons (Fsp3) is 0.360. The van der Waals surface area contributed by atoms with E-state index in [1.807, 2.05) is 48.5 Å². The summed E-state index contributed by atoms with van der Waals surface area (Å²) >= 11 is 0. The van der Waals surface area contributed by atoms with Crippen LogP contribution in [0.1, 0.15) is 51.7 Å². The van der Waals surface area contributed by atoms with Crippen molar-refractivity contribution in [1.29, 1.82) is 0 Å². The van der Waals surface area contributed by atoms with Crippen LogP contribution < -0.4 is 15.0 Å². The smallest absolute Gasteiger partial charge is 0.294 e. The highest BCUT2D eigenvalue weighted by atomic mass is 16.5. The van der Waals surface area contributed by atoms with Gasteiger partial charge in [0.05, 0.1) is 5.69 Å². The molecule has 0 atom stereocenters. The molecular formula is C25H30N2O3. The summed E-state index contributed by atoms with van der Waals surface area (Å²) < 4.78 is 5.96. The summed E-state index contributed by atoms with van der Waals surface area (Å²) in [5.41, 5.74) is 2.48. The van der Waals surface area contributed by atoms with Gasteiger partial charge in [-0.05, 0) is 41.2 Å². The molecule has 0 aliphatic carbocycles. The summed E-state index contributed by atoms with van der Waals surface area (Å²) in [5, 5.41) is 2.90. The van der Waals surface area contributed by atoms with Crippen molar-refractivity contribution in [3.05, 3.63) is 65.4 Å². The molecule has 0 spiro atoms. The first-order valence-corrected chi connectivity index (χ1v) is 10.5. The molecule has 0 saturated carbocycles. The van der Waals surface area contributed by atoms with Gasteiger partial charge in [-0.3, -0.25) is 14.5 Å². The lowest BCUT2D eigenvalue weighted by Crippen LogP contribution is -2.44. The van der Waals surface area contributed by atoms with Crippen molar-refractivity contribution >= 4 is 23.6 Å². The Morgan fingerprint density at radius 1 is 1.13 bits per heavy atom. The van der Waals surface area contributed by atoms with E-state index in [1.54, 1.807) is 6.08 Å². The van der Waals surface area contributed by atoms with Crippen molar-refractivity contribution in [1.82, 2.24) is 5.32 Å². The SMILES string of the molecule is CCCCNC(=O)CN1C(=O)/C(=C/c2ccccc2)Oc2ccc(C(C)(C)C)cc21. The lowest BCUT2D eigenvalue weighted by molar-refractivity contribution is -0.123. The van der Waals surface area contributed by atoms with Crippen molar-refractivity contribution in [2.75, 3.05) is 18.0 Å². The molecule has 0 saturated heterocycles. The van der Waals surface area contributed by atoms with Gasteiger partial charge in [0, 0.05) is 6.54 Å². The molecule has 1 N–H and O–H groups in total. The maximum absolute atomic E-state index is 13.3. The number of hydrogen-bond donors (Lipinski definition) is 1. The van der Waals surface area contributed by atoms with Crippen LogP contribution in [0.15, 0.2) is 54.3 Å². The number of nitrogens with one attached hydrogen (secondary N) is 1. The molecule has 2 amide bonds. The topological polar surface area (TPSA) is 58.6 Å². The van der Waals surface area contributed by atoms with Gasteiger partial charge in [0.1, 0.15) is 6.54 Å². The highest BCUT2D eigenvalue weighted by Crippen LogP contribution is 2.39. The van der Waals surface area contributed by atoms with Crippen LogP contribution in [0.5, 0.6) is 5.75 Å². The molecule has 0 radical (unpaired) electrons. The largest absolute Gasteiger partial charge is 0.449 e. The van der Waals surface area contributed by atoms with E-state index in [2.05, 4.69) is 33.0 Å². The average molecular weight is 407 g/mol. The second-order valence-corrected chi connectivity index (χ2v) is 8.55. The molecule has 30 heavy (non-hydrogen) atoms. The second kappa shape index (κ2) is 9.16. The first kappa shape index (κ1) is 21.6. The summed E-state index contributed by atoms with van der Waals surface area (Å²) in [6, 6.07) is 15.4. The first-order valence-electron chi connectivity index (χ1n) is 10.5. The van der Waals surface area contributed by atoms with Crippen LogP contribution in [0.25, 0.3) is 6.08 Å². The summed E-state index contributed by atoms with van der Waals surface area (Å²) in [7, 11) is 0. The molecule has 2 aromatic carbocycles. The van der Waals surface area contributed by atoms with Crippen molar-refractivity contribution < 1.29 is 14.3 Å². The fourth-order valence-electron chi connectivity index (χ4n) is 3.24. The standard InChI is InChI=1S/C25H30N2O3/c1-5-6-14-26-23(28)17-27-20-16-19(25(2,3)4)12-13-21(20)30-22(24(27)29)15-18-10-8-7-9-11-18/h7-13,15-16H,5-6,14,17H2,1-4H3,(H,26,28)/b22-15-. The summed E-state index contributed by atoms with van der Waals surface area (Å²) in [4.78, 5) is 27.3. The van der Waals surface area contributed by atoms with E-state index in [1.165, 1.54) is 4.90 Å². The van der Waals surface area contributed by atoms with Crippen molar-refractivity contribution in [2.45, 2.75) is 46.0 Å². The molecule has 1 aliphatic rings. The summed E-state index contributed by atoms with van der Waals surface area (Å²) in [6.45, 7) is 8.98. The van der Waals surface area contributed by atoms with Crippen LogP contribution in [0.3, 0.4) is 0 Å². The second-order valence-electron chi connectivity index (χ2n) is 8.55. The normalized spacial score (nSPS) is 15.0. The highest BCUT2D eigenvalue weighted by Gasteiger charge is 2.32. The Morgan fingerprint density at radius 2 is 1.87 bits per heavy atom.